The van der Waals surface area contributed by atoms with Crippen LogP contribution in [-0.2, 0) is 16.0 Å². The van der Waals surface area contributed by atoms with Crippen LogP contribution in [-0.4, -0.2) is 59.5 Å². The Morgan fingerprint density at radius 2 is 1.78 bits per heavy atom. The molecule has 1 N–H and O–H groups in total. The van der Waals surface area contributed by atoms with Gasteiger partial charge in [0.15, 0.2) is 0 Å². The highest BCUT2D eigenvalue weighted by atomic mass is 16.4. The molecule has 2 rings (SSSR count). The van der Waals surface area contributed by atoms with Gasteiger partial charge in [-0.05, 0) is 37.4 Å². The normalized spacial score (nSPS) is 15.6. The molecule has 1 amide bonds. The Morgan fingerprint density at radius 1 is 1.09 bits per heavy atom. The lowest BCUT2D eigenvalue weighted by atomic mass is 10.1. The zero-order chi connectivity index (χ0) is 16.7. The molecular formula is C18H26N2O3. The van der Waals surface area contributed by atoms with E-state index in [4.69, 9.17) is 5.11 Å². The third-order valence-electron chi connectivity index (χ3n) is 4.44. The molecule has 0 aliphatic carbocycles. The van der Waals surface area contributed by atoms with Crippen molar-refractivity contribution in [2.45, 2.75) is 32.6 Å². The summed E-state index contributed by atoms with van der Waals surface area (Å²) in [4.78, 5) is 27.2. The van der Waals surface area contributed by atoms with E-state index < -0.39 is 5.97 Å². The summed E-state index contributed by atoms with van der Waals surface area (Å²) in [5.74, 6) is -0.526. The van der Waals surface area contributed by atoms with Crippen LogP contribution in [0.15, 0.2) is 24.3 Å². The molecule has 0 spiro atoms. The molecule has 1 aromatic carbocycles. The summed E-state index contributed by atoms with van der Waals surface area (Å²) in [7, 11) is 0. The lowest BCUT2D eigenvalue weighted by Crippen LogP contribution is -2.49. The van der Waals surface area contributed by atoms with Crippen molar-refractivity contribution in [1.29, 1.82) is 0 Å². The first-order valence-electron chi connectivity index (χ1n) is 8.32. The molecular weight excluding hydrogens is 292 g/mol. The number of rotatable bonds is 7. The molecule has 1 aliphatic heterocycles. The fourth-order valence-electron chi connectivity index (χ4n) is 2.92. The molecule has 0 unspecified atom stereocenters. The van der Waals surface area contributed by atoms with Crippen LogP contribution in [0.1, 0.15) is 30.4 Å². The van der Waals surface area contributed by atoms with E-state index in [-0.39, 0.29) is 12.3 Å². The van der Waals surface area contributed by atoms with E-state index >= 15 is 0 Å². The Balaban J connectivity index is 1.70. The number of amides is 1. The fourth-order valence-corrected chi connectivity index (χ4v) is 2.92. The minimum atomic E-state index is -0.725. The molecule has 1 saturated heterocycles. The summed E-state index contributed by atoms with van der Waals surface area (Å²) in [5, 5.41) is 8.63. The summed E-state index contributed by atoms with van der Waals surface area (Å²) in [6.45, 7) is 6.26. The van der Waals surface area contributed by atoms with Crippen LogP contribution in [0, 0.1) is 6.92 Å². The first-order valence-corrected chi connectivity index (χ1v) is 8.32. The van der Waals surface area contributed by atoms with Gasteiger partial charge in [-0.25, -0.2) is 0 Å². The number of piperazine rings is 1. The van der Waals surface area contributed by atoms with E-state index in [1.165, 1.54) is 0 Å². The number of carbonyl (C=O) groups excluding carboxylic acids is 1. The van der Waals surface area contributed by atoms with E-state index in [0.717, 1.165) is 56.7 Å². The number of unbranched alkanes of at least 4 members (excludes halogenated alkanes) is 1. The average molecular weight is 318 g/mol. The number of aliphatic carboxylic acids is 1. The van der Waals surface area contributed by atoms with Gasteiger partial charge in [0, 0.05) is 32.6 Å². The summed E-state index contributed by atoms with van der Waals surface area (Å²) >= 11 is 0. The Labute approximate surface area is 137 Å². The minimum absolute atomic E-state index is 0.199. The van der Waals surface area contributed by atoms with Crippen molar-refractivity contribution in [2.75, 3.05) is 32.7 Å². The van der Waals surface area contributed by atoms with E-state index in [1.54, 1.807) is 0 Å². The van der Waals surface area contributed by atoms with Gasteiger partial charge >= 0.3 is 5.97 Å². The molecule has 1 aromatic rings. The SMILES string of the molecule is Cc1ccccc1CC(=O)N1CCN(CCCCC(=O)O)CC1. The van der Waals surface area contributed by atoms with Crippen LogP contribution in [0.4, 0.5) is 0 Å². The Kier molecular flexibility index (Phi) is 6.59. The number of hydrogen-bond donors (Lipinski definition) is 1. The molecule has 5 nitrogen and oxygen atoms in total. The van der Waals surface area contributed by atoms with Crippen molar-refractivity contribution in [2.24, 2.45) is 0 Å². The van der Waals surface area contributed by atoms with E-state index in [9.17, 15) is 9.59 Å². The third kappa shape index (κ3) is 5.67. The van der Waals surface area contributed by atoms with Crippen LogP contribution >= 0.6 is 0 Å². The van der Waals surface area contributed by atoms with Crippen molar-refractivity contribution >= 4 is 11.9 Å². The van der Waals surface area contributed by atoms with Gasteiger partial charge < -0.3 is 10.0 Å². The van der Waals surface area contributed by atoms with Gasteiger partial charge in [-0.2, -0.15) is 0 Å². The minimum Gasteiger partial charge on any atom is -0.481 e. The maximum Gasteiger partial charge on any atom is 0.303 e. The average Bonchev–Trinajstić information content (AvgIpc) is 2.54. The molecule has 0 atom stereocenters. The smallest absolute Gasteiger partial charge is 0.303 e. The maximum absolute atomic E-state index is 12.4. The molecule has 0 saturated carbocycles. The van der Waals surface area contributed by atoms with Gasteiger partial charge in [0.25, 0.3) is 0 Å². The maximum atomic E-state index is 12.4. The molecule has 1 heterocycles. The first-order chi connectivity index (χ1) is 11.1. The molecule has 0 bridgehead atoms. The van der Waals surface area contributed by atoms with E-state index in [0.29, 0.717) is 6.42 Å². The van der Waals surface area contributed by atoms with Crippen molar-refractivity contribution in [3.63, 3.8) is 0 Å². The lowest BCUT2D eigenvalue weighted by molar-refractivity contribution is -0.137. The largest absolute Gasteiger partial charge is 0.481 e. The van der Waals surface area contributed by atoms with Crippen LogP contribution < -0.4 is 0 Å². The highest BCUT2D eigenvalue weighted by Crippen LogP contribution is 2.11. The topological polar surface area (TPSA) is 60.9 Å². The molecule has 5 heteroatoms. The lowest BCUT2D eigenvalue weighted by Gasteiger charge is -2.35. The van der Waals surface area contributed by atoms with Crippen molar-refractivity contribution in [3.8, 4) is 0 Å². The van der Waals surface area contributed by atoms with Gasteiger partial charge in [-0.3, -0.25) is 14.5 Å². The van der Waals surface area contributed by atoms with Crippen LogP contribution in [0.2, 0.25) is 0 Å². The predicted octanol–water partition coefficient (Wildman–Crippen LogP) is 1.94. The zero-order valence-corrected chi connectivity index (χ0v) is 13.8. The number of aryl methyl sites for hydroxylation is 1. The van der Waals surface area contributed by atoms with E-state index in [2.05, 4.69) is 4.90 Å². The quantitative estimate of drug-likeness (QED) is 0.781. The van der Waals surface area contributed by atoms with Crippen molar-refractivity contribution < 1.29 is 14.7 Å². The summed E-state index contributed by atoms with van der Waals surface area (Å²) in [5.41, 5.74) is 2.27. The fraction of sp³-hybridized carbons (Fsp3) is 0.556. The third-order valence-corrected chi connectivity index (χ3v) is 4.44. The van der Waals surface area contributed by atoms with Gasteiger partial charge in [-0.15, -0.1) is 0 Å². The highest BCUT2D eigenvalue weighted by Gasteiger charge is 2.21. The van der Waals surface area contributed by atoms with E-state index in [1.807, 2.05) is 36.1 Å². The first kappa shape index (κ1) is 17.5. The Hall–Kier alpha value is -1.88. The molecule has 1 aliphatic rings. The molecule has 0 radical (unpaired) electrons. The number of carboxylic acids is 1. The second-order valence-corrected chi connectivity index (χ2v) is 6.18. The second kappa shape index (κ2) is 8.67. The molecule has 126 valence electrons. The number of nitrogens with zero attached hydrogens (tertiary/aromatic N) is 2. The Morgan fingerprint density at radius 3 is 2.43 bits per heavy atom. The number of carbonyl (C=O) groups is 2. The zero-order valence-electron chi connectivity index (χ0n) is 13.8. The number of carboxylic acid groups (broad SMARTS) is 1. The van der Waals surface area contributed by atoms with Crippen LogP contribution in [0.5, 0.6) is 0 Å². The number of hydrogen-bond acceptors (Lipinski definition) is 3. The summed E-state index contributed by atoms with van der Waals surface area (Å²) in [6.07, 6.45) is 2.35. The van der Waals surface area contributed by atoms with Crippen molar-refractivity contribution in [1.82, 2.24) is 9.80 Å². The number of benzene rings is 1. The van der Waals surface area contributed by atoms with Gasteiger partial charge in [-0.1, -0.05) is 24.3 Å². The van der Waals surface area contributed by atoms with Crippen molar-refractivity contribution in [3.05, 3.63) is 35.4 Å². The van der Waals surface area contributed by atoms with Gasteiger partial charge in [0.05, 0.1) is 6.42 Å². The van der Waals surface area contributed by atoms with Crippen LogP contribution in [0.25, 0.3) is 0 Å². The summed E-state index contributed by atoms with van der Waals surface area (Å²) in [6, 6.07) is 8.03. The molecule has 0 aromatic heterocycles. The van der Waals surface area contributed by atoms with Gasteiger partial charge in [0.1, 0.15) is 0 Å². The summed E-state index contributed by atoms with van der Waals surface area (Å²) < 4.78 is 0. The highest BCUT2D eigenvalue weighted by molar-refractivity contribution is 5.79. The van der Waals surface area contributed by atoms with Gasteiger partial charge in [0.2, 0.25) is 5.91 Å². The molecule has 1 fully saturated rings. The standard InChI is InChI=1S/C18H26N2O3/c1-15-6-2-3-7-16(15)14-17(21)20-12-10-19(11-13-20)9-5-4-8-18(22)23/h2-3,6-7H,4-5,8-14H2,1H3,(H,22,23). The van der Waals surface area contributed by atoms with Crippen LogP contribution in [0.3, 0.4) is 0 Å². The molecule has 23 heavy (non-hydrogen) atoms. The predicted molar refractivity (Wildman–Crippen MR) is 89.4 cm³/mol. The monoisotopic (exact) mass is 318 g/mol. The second-order valence-electron chi connectivity index (χ2n) is 6.18. The Bertz CT molecular complexity index is 537.